The highest BCUT2D eigenvalue weighted by atomic mass is 16.6. The van der Waals surface area contributed by atoms with Gasteiger partial charge >= 0.3 is 0 Å². The molecule has 2 heteroatoms. The molecule has 0 saturated carbocycles. The van der Waals surface area contributed by atoms with Crippen LogP contribution in [-0.4, -0.2) is 13.2 Å². The van der Waals surface area contributed by atoms with E-state index in [0.29, 0.717) is 6.54 Å². The van der Waals surface area contributed by atoms with E-state index in [1.54, 1.807) is 0 Å². The molecule has 0 fully saturated rings. The molecule has 2 nitrogen and oxygen atoms in total. The topological polar surface area (TPSA) is 21.3 Å². The summed E-state index contributed by atoms with van der Waals surface area (Å²) in [5.41, 5.74) is 2.72. The van der Waals surface area contributed by atoms with Crippen LogP contribution in [0.2, 0.25) is 0 Å². The van der Waals surface area contributed by atoms with Crippen molar-refractivity contribution in [2.75, 3.05) is 13.2 Å². The fourth-order valence-electron chi connectivity index (χ4n) is 0.609. The molecule has 0 aromatic heterocycles. The summed E-state index contributed by atoms with van der Waals surface area (Å²) in [6.07, 6.45) is 2.36. The summed E-state index contributed by atoms with van der Waals surface area (Å²) in [6.45, 7) is 9.45. The number of hydrogen-bond donors (Lipinski definition) is 1. The Morgan fingerprint density at radius 2 is 2.30 bits per heavy atom. The van der Waals surface area contributed by atoms with Crippen LogP contribution in [0.5, 0.6) is 0 Å². The zero-order chi connectivity index (χ0) is 7.82. The highest BCUT2D eigenvalue weighted by Crippen LogP contribution is 2.04. The highest BCUT2D eigenvalue weighted by molar-refractivity contribution is 4.47. The predicted molar refractivity (Wildman–Crippen MR) is 43.4 cm³/mol. The quantitative estimate of drug-likeness (QED) is 0.453. The number of nitrogens with one attached hydrogen (secondary N) is 1. The van der Waals surface area contributed by atoms with Gasteiger partial charge in [0.2, 0.25) is 0 Å². The van der Waals surface area contributed by atoms with Gasteiger partial charge in [0.1, 0.15) is 0 Å². The molecule has 1 radical (unpaired) electrons. The van der Waals surface area contributed by atoms with E-state index >= 15 is 0 Å². The van der Waals surface area contributed by atoms with Gasteiger partial charge in [0.05, 0.1) is 6.61 Å². The van der Waals surface area contributed by atoms with Crippen LogP contribution in [-0.2, 0) is 4.84 Å². The van der Waals surface area contributed by atoms with E-state index in [9.17, 15) is 0 Å². The van der Waals surface area contributed by atoms with E-state index in [4.69, 9.17) is 4.84 Å². The summed E-state index contributed by atoms with van der Waals surface area (Å²) in [5, 5.41) is 0. The lowest BCUT2D eigenvalue weighted by Crippen LogP contribution is -2.15. The molecule has 0 amide bonds. The van der Waals surface area contributed by atoms with Gasteiger partial charge < -0.3 is 4.84 Å². The summed E-state index contributed by atoms with van der Waals surface area (Å²) >= 11 is 0. The second-order valence-electron chi connectivity index (χ2n) is 2.54. The van der Waals surface area contributed by atoms with Gasteiger partial charge in [-0.1, -0.05) is 20.3 Å². The molecule has 0 rings (SSSR count). The van der Waals surface area contributed by atoms with Crippen LogP contribution in [0.15, 0.2) is 0 Å². The van der Waals surface area contributed by atoms with E-state index in [1.165, 1.54) is 6.42 Å². The van der Waals surface area contributed by atoms with E-state index in [0.717, 1.165) is 18.9 Å². The predicted octanol–water partition coefficient (Wildman–Crippen LogP) is 1.78. The Morgan fingerprint density at radius 1 is 1.60 bits per heavy atom. The first-order valence-electron chi connectivity index (χ1n) is 3.95. The van der Waals surface area contributed by atoms with Gasteiger partial charge in [-0.05, 0) is 19.3 Å². The molecule has 61 valence electrons. The van der Waals surface area contributed by atoms with E-state index in [-0.39, 0.29) is 0 Å². The second-order valence-corrected chi connectivity index (χ2v) is 2.54. The number of rotatable bonds is 6. The average Bonchev–Trinajstić information content (AvgIpc) is 1.98. The van der Waals surface area contributed by atoms with Gasteiger partial charge in [0.15, 0.2) is 0 Å². The maximum atomic E-state index is 5.04. The molecule has 1 unspecified atom stereocenters. The third-order valence-corrected chi connectivity index (χ3v) is 1.61. The normalized spacial score (nSPS) is 13.5. The first kappa shape index (κ1) is 9.92. The zero-order valence-electron chi connectivity index (χ0n) is 7.02. The summed E-state index contributed by atoms with van der Waals surface area (Å²) < 4.78 is 0. The van der Waals surface area contributed by atoms with Gasteiger partial charge in [-0.2, -0.15) is 0 Å². The summed E-state index contributed by atoms with van der Waals surface area (Å²) in [5.74, 6) is 0.770. The molecule has 0 bridgehead atoms. The van der Waals surface area contributed by atoms with Crippen molar-refractivity contribution >= 4 is 0 Å². The third kappa shape index (κ3) is 6.05. The molecule has 0 aromatic carbocycles. The summed E-state index contributed by atoms with van der Waals surface area (Å²) in [7, 11) is 0. The van der Waals surface area contributed by atoms with Crippen molar-refractivity contribution in [3.63, 3.8) is 0 Å². The second kappa shape index (κ2) is 7.03. The zero-order valence-corrected chi connectivity index (χ0v) is 7.02. The van der Waals surface area contributed by atoms with E-state index in [2.05, 4.69) is 26.3 Å². The van der Waals surface area contributed by atoms with Crippen LogP contribution in [0, 0.1) is 12.8 Å². The van der Waals surface area contributed by atoms with Crippen molar-refractivity contribution in [3.05, 3.63) is 6.92 Å². The fourth-order valence-corrected chi connectivity index (χ4v) is 0.609. The van der Waals surface area contributed by atoms with Gasteiger partial charge in [0, 0.05) is 6.54 Å². The molecule has 0 spiro atoms. The standard InChI is InChI=1S/C8H18NO/c1-4-8(3)6-7-10-9-5-2/h8-9H,2,4-7H2,1,3H3. The van der Waals surface area contributed by atoms with Crippen molar-refractivity contribution in [3.8, 4) is 0 Å². The van der Waals surface area contributed by atoms with Gasteiger partial charge in [-0.3, -0.25) is 0 Å². The lowest BCUT2D eigenvalue weighted by molar-refractivity contribution is 0.0399. The SMILES string of the molecule is [CH2]CNOCCC(C)CC. The molecule has 10 heavy (non-hydrogen) atoms. The lowest BCUT2D eigenvalue weighted by atomic mass is 10.1. The Morgan fingerprint density at radius 3 is 2.80 bits per heavy atom. The largest absolute Gasteiger partial charge is 0.302 e. The van der Waals surface area contributed by atoms with Crippen molar-refractivity contribution in [2.45, 2.75) is 26.7 Å². The highest BCUT2D eigenvalue weighted by Gasteiger charge is 1.96. The van der Waals surface area contributed by atoms with Gasteiger partial charge in [-0.15, -0.1) is 0 Å². The van der Waals surface area contributed by atoms with E-state index in [1.807, 2.05) is 0 Å². The van der Waals surface area contributed by atoms with Crippen molar-refractivity contribution < 1.29 is 4.84 Å². The molecule has 0 aliphatic carbocycles. The first-order chi connectivity index (χ1) is 4.81. The van der Waals surface area contributed by atoms with Crippen LogP contribution in [0.3, 0.4) is 0 Å². The smallest absolute Gasteiger partial charge is 0.0684 e. The van der Waals surface area contributed by atoms with Crippen molar-refractivity contribution in [1.29, 1.82) is 0 Å². The molecular weight excluding hydrogens is 126 g/mol. The Hall–Kier alpha value is -0.0800. The average molecular weight is 144 g/mol. The van der Waals surface area contributed by atoms with Crippen molar-refractivity contribution in [2.24, 2.45) is 5.92 Å². The van der Waals surface area contributed by atoms with Crippen LogP contribution in [0.1, 0.15) is 26.7 Å². The summed E-state index contributed by atoms with van der Waals surface area (Å²) in [6, 6.07) is 0. The molecule has 0 aliphatic rings. The molecule has 1 N–H and O–H groups in total. The minimum absolute atomic E-state index is 0.639. The van der Waals surface area contributed by atoms with Crippen LogP contribution in [0.25, 0.3) is 0 Å². The Balaban J connectivity index is 2.89. The monoisotopic (exact) mass is 144 g/mol. The van der Waals surface area contributed by atoms with Crippen LogP contribution >= 0.6 is 0 Å². The van der Waals surface area contributed by atoms with Gasteiger partial charge in [0.25, 0.3) is 0 Å². The van der Waals surface area contributed by atoms with E-state index < -0.39 is 0 Å². The molecule has 0 aromatic rings. The Kier molecular flexibility index (Phi) is 6.98. The minimum Gasteiger partial charge on any atom is -0.302 e. The van der Waals surface area contributed by atoms with Crippen LogP contribution < -0.4 is 5.48 Å². The van der Waals surface area contributed by atoms with Crippen LogP contribution in [0.4, 0.5) is 0 Å². The molecule has 0 heterocycles. The molecule has 0 saturated heterocycles. The fraction of sp³-hybridized carbons (Fsp3) is 0.875. The van der Waals surface area contributed by atoms with Gasteiger partial charge in [-0.25, -0.2) is 5.48 Å². The minimum atomic E-state index is 0.639. The molecule has 1 atom stereocenters. The first-order valence-corrected chi connectivity index (χ1v) is 3.95. The molecular formula is C8H18NO. The Bertz CT molecular complexity index is 66.3. The lowest BCUT2D eigenvalue weighted by Gasteiger charge is -2.07. The number of hydroxylamine groups is 1. The maximum Gasteiger partial charge on any atom is 0.0684 e. The third-order valence-electron chi connectivity index (χ3n) is 1.61. The molecule has 0 aliphatic heterocycles. The number of hydrogen-bond acceptors (Lipinski definition) is 2. The van der Waals surface area contributed by atoms with Crippen molar-refractivity contribution in [1.82, 2.24) is 5.48 Å². The summed E-state index contributed by atoms with van der Waals surface area (Å²) in [4.78, 5) is 5.04. The Labute approximate surface area is 63.9 Å². The maximum absolute atomic E-state index is 5.04.